The largest absolute Gasteiger partial charge is 0.317 e. The summed E-state index contributed by atoms with van der Waals surface area (Å²) in [7, 11) is 0. The van der Waals surface area contributed by atoms with Crippen LogP contribution in [-0.2, 0) is 0 Å². The van der Waals surface area contributed by atoms with Gasteiger partial charge in [-0.05, 0) is 24.3 Å². The molecular formula is C20H12N4O5. The van der Waals surface area contributed by atoms with Gasteiger partial charge in [0.15, 0.2) is 0 Å². The number of hydrogen-bond acceptors (Lipinski definition) is 6. The molecule has 2 aromatic carbocycles. The first-order valence-corrected chi connectivity index (χ1v) is 8.24. The minimum Gasteiger partial charge on any atom is -0.317 e. The number of ketones is 1. The Morgan fingerprint density at radius 3 is 2.28 bits per heavy atom. The lowest BCUT2D eigenvalue weighted by atomic mass is 10.0. The third-order valence-electron chi connectivity index (χ3n) is 4.08. The fourth-order valence-corrected chi connectivity index (χ4v) is 2.72. The molecular weight excluding hydrogens is 376 g/mol. The highest BCUT2D eigenvalue weighted by Crippen LogP contribution is 2.22. The Kier molecular flexibility index (Phi) is 5.28. The van der Waals surface area contributed by atoms with E-state index in [1.54, 1.807) is 29.0 Å². The fraction of sp³-hybridized carbons (Fsp3) is 0. The van der Waals surface area contributed by atoms with Gasteiger partial charge in [0.25, 0.3) is 11.4 Å². The summed E-state index contributed by atoms with van der Waals surface area (Å²) >= 11 is 0. The summed E-state index contributed by atoms with van der Waals surface area (Å²) in [6.45, 7) is 0. The number of rotatable bonds is 6. The number of nitrogens with zero attached hydrogens (tertiary/aromatic N) is 4. The van der Waals surface area contributed by atoms with Crippen LogP contribution in [0.4, 0.5) is 11.4 Å². The van der Waals surface area contributed by atoms with E-state index in [1.165, 1.54) is 42.5 Å². The van der Waals surface area contributed by atoms with Gasteiger partial charge < -0.3 is 4.57 Å². The Hall–Kier alpha value is -4.58. The van der Waals surface area contributed by atoms with Crippen LogP contribution in [0.2, 0.25) is 0 Å². The molecule has 3 aromatic rings. The molecule has 0 saturated heterocycles. The van der Waals surface area contributed by atoms with E-state index >= 15 is 0 Å². The van der Waals surface area contributed by atoms with Gasteiger partial charge in [-0.2, -0.15) is 5.26 Å². The maximum absolute atomic E-state index is 12.7. The van der Waals surface area contributed by atoms with Gasteiger partial charge in [-0.25, -0.2) is 0 Å². The number of hydrogen-bond donors (Lipinski definition) is 0. The Morgan fingerprint density at radius 2 is 1.62 bits per heavy atom. The lowest BCUT2D eigenvalue weighted by Gasteiger charge is -2.07. The summed E-state index contributed by atoms with van der Waals surface area (Å²) in [6, 6.07) is 16.1. The molecule has 0 radical (unpaired) electrons. The average molecular weight is 388 g/mol. The molecule has 0 saturated carbocycles. The van der Waals surface area contributed by atoms with Crippen molar-refractivity contribution in [3.8, 4) is 11.8 Å². The molecule has 0 fully saturated rings. The summed E-state index contributed by atoms with van der Waals surface area (Å²) in [5.41, 5.74) is 0.361. The van der Waals surface area contributed by atoms with Crippen LogP contribution in [0, 0.1) is 31.6 Å². The Labute approximate surface area is 164 Å². The van der Waals surface area contributed by atoms with Crippen LogP contribution in [-0.4, -0.2) is 20.2 Å². The molecule has 142 valence electrons. The minimum absolute atomic E-state index is 0.0143. The topological polar surface area (TPSA) is 132 Å². The number of carbonyl (C=O) groups excluding carboxylic acids is 1. The molecule has 0 spiro atoms. The normalized spacial score (nSPS) is 10.9. The first-order chi connectivity index (χ1) is 13.9. The number of nitro groups is 2. The maximum atomic E-state index is 12.7. The van der Waals surface area contributed by atoms with Crippen LogP contribution < -0.4 is 0 Å². The summed E-state index contributed by atoms with van der Waals surface area (Å²) in [5, 5.41) is 31.4. The van der Waals surface area contributed by atoms with Crippen LogP contribution in [0.3, 0.4) is 0 Å². The quantitative estimate of drug-likeness (QED) is 0.205. The Bertz CT molecular complexity index is 1200. The summed E-state index contributed by atoms with van der Waals surface area (Å²) in [6.07, 6.45) is 2.97. The van der Waals surface area contributed by atoms with Crippen LogP contribution >= 0.6 is 0 Å². The van der Waals surface area contributed by atoms with E-state index in [9.17, 15) is 30.3 Å². The van der Waals surface area contributed by atoms with Gasteiger partial charge in [-0.3, -0.25) is 25.0 Å². The average Bonchev–Trinajstić information content (AvgIpc) is 3.20. The zero-order chi connectivity index (χ0) is 21.0. The molecule has 1 heterocycles. The lowest BCUT2D eigenvalue weighted by molar-refractivity contribution is -0.385. The number of benzene rings is 2. The third kappa shape index (κ3) is 4.06. The molecule has 1 aromatic heterocycles. The van der Waals surface area contributed by atoms with Crippen LogP contribution in [0.5, 0.6) is 0 Å². The van der Waals surface area contributed by atoms with Crippen molar-refractivity contribution < 1.29 is 14.6 Å². The number of allylic oxidation sites excluding steroid dienone is 1. The standard InChI is InChI=1S/C20H12N4O5/c21-13-15(20(25)14-4-1-6-18(10-14)23(26)27)11-16-8-3-9-22(16)17-5-2-7-19(12-17)24(28)29/h1-12H. The molecule has 0 aliphatic rings. The van der Waals surface area contributed by atoms with Crippen molar-refractivity contribution >= 4 is 23.2 Å². The second kappa shape index (κ2) is 7.98. The van der Waals surface area contributed by atoms with Gasteiger partial charge in [0, 0.05) is 41.7 Å². The molecule has 0 atom stereocenters. The summed E-state index contributed by atoms with van der Waals surface area (Å²) in [5.74, 6) is -0.664. The van der Waals surface area contributed by atoms with Crippen molar-refractivity contribution in [2.45, 2.75) is 0 Å². The van der Waals surface area contributed by atoms with Crippen molar-refractivity contribution in [1.29, 1.82) is 5.26 Å². The van der Waals surface area contributed by atoms with Crippen LogP contribution in [0.25, 0.3) is 11.8 Å². The molecule has 0 aliphatic carbocycles. The summed E-state index contributed by atoms with van der Waals surface area (Å²) < 4.78 is 1.59. The number of nitro benzene ring substituents is 2. The molecule has 0 N–H and O–H groups in total. The van der Waals surface area contributed by atoms with Gasteiger partial charge in [-0.15, -0.1) is 0 Å². The number of non-ortho nitro benzene ring substituents is 2. The molecule has 3 rings (SSSR count). The predicted molar refractivity (Wildman–Crippen MR) is 103 cm³/mol. The second-order valence-electron chi connectivity index (χ2n) is 5.89. The smallest absolute Gasteiger partial charge is 0.271 e. The van der Waals surface area contributed by atoms with Gasteiger partial charge >= 0.3 is 0 Å². The number of aromatic nitrogens is 1. The first kappa shape index (κ1) is 19.2. The highest BCUT2D eigenvalue weighted by atomic mass is 16.6. The Balaban J connectivity index is 2.01. The number of nitriles is 1. The lowest BCUT2D eigenvalue weighted by Crippen LogP contribution is -2.04. The zero-order valence-corrected chi connectivity index (χ0v) is 14.8. The number of carbonyl (C=O) groups is 1. The van der Waals surface area contributed by atoms with Crippen molar-refractivity contribution in [2.24, 2.45) is 0 Å². The van der Waals surface area contributed by atoms with Crippen molar-refractivity contribution in [3.63, 3.8) is 0 Å². The van der Waals surface area contributed by atoms with E-state index in [0.29, 0.717) is 11.4 Å². The molecule has 0 bridgehead atoms. The Morgan fingerprint density at radius 1 is 0.966 bits per heavy atom. The van der Waals surface area contributed by atoms with Gasteiger partial charge in [-0.1, -0.05) is 18.2 Å². The second-order valence-corrected chi connectivity index (χ2v) is 5.89. The van der Waals surface area contributed by atoms with Crippen molar-refractivity contribution in [1.82, 2.24) is 4.57 Å². The highest BCUT2D eigenvalue weighted by molar-refractivity contribution is 6.14. The monoisotopic (exact) mass is 388 g/mol. The molecule has 0 aliphatic heterocycles. The molecule has 29 heavy (non-hydrogen) atoms. The first-order valence-electron chi connectivity index (χ1n) is 8.24. The molecule has 0 unspecified atom stereocenters. The van der Waals surface area contributed by atoms with Gasteiger partial charge in [0.05, 0.1) is 15.5 Å². The maximum Gasteiger partial charge on any atom is 0.271 e. The van der Waals surface area contributed by atoms with E-state index in [0.717, 1.165) is 6.07 Å². The minimum atomic E-state index is -0.664. The molecule has 0 amide bonds. The van der Waals surface area contributed by atoms with E-state index in [4.69, 9.17) is 0 Å². The van der Waals surface area contributed by atoms with Gasteiger partial charge in [0.2, 0.25) is 5.78 Å². The van der Waals surface area contributed by atoms with Crippen molar-refractivity contribution in [2.75, 3.05) is 0 Å². The van der Waals surface area contributed by atoms with E-state index in [2.05, 4.69) is 0 Å². The fourth-order valence-electron chi connectivity index (χ4n) is 2.72. The summed E-state index contributed by atoms with van der Waals surface area (Å²) in [4.78, 5) is 33.4. The predicted octanol–water partition coefficient (Wildman–Crippen LogP) is 4.08. The van der Waals surface area contributed by atoms with E-state index in [1.807, 2.05) is 6.07 Å². The highest BCUT2D eigenvalue weighted by Gasteiger charge is 2.17. The van der Waals surface area contributed by atoms with Crippen LogP contribution in [0.1, 0.15) is 16.1 Å². The van der Waals surface area contributed by atoms with Crippen molar-refractivity contribution in [3.05, 3.63) is 104 Å². The van der Waals surface area contributed by atoms with E-state index in [-0.39, 0.29) is 22.5 Å². The zero-order valence-electron chi connectivity index (χ0n) is 14.8. The number of Topliss-reactive ketones (excluding diaryl/α,β-unsaturated/α-hetero) is 1. The van der Waals surface area contributed by atoms with Gasteiger partial charge in [0.1, 0.15) is 11.6 Å². The SMILES string of the molecule is N#CC(=Cc1cccn1-c1cccc([N+](=O)[O-])c1)C(=O)c1cccc([N+](=O)[O-])c1. The third-order valence-corrected chi connectivity index (χ3v) is 4.08. The molecule has 9 nitrogen and oxygen atoms in total. The van der Waals surface area contributed by atoms with Crippen LogP contribution in [0.15, 0.2) is 72.4 Å². The van der Waals surface area contributed by atoms with E-state index < -0.39 is 15.6 Å². The molecule has 9 heteroatoms.